The van der Waals surface area contributed by atoms with Gasteiger partial charge in [-0.25, -0.2) is 4.79 Å². The van der Waals surface area contributed by atoms with Crippen molar-refractivity contribution < 1.29 is 14.6 Å². The number of carbonyl (C=O) groups is 1. The van der Waals surface area contributed by atoms with Crippen LogP contribution >= 0.6 is 0 Å². The van der Waals surface area contributed by atoms with Crippen molar-refractivity contribution in [3.63, 3.8) is 0 Å². The molecule has 0 fully saturated rings. The number of carboxylic acids is 1. The number of ether oxygens (including phenoxy) is 1. The summed E-state index contributed by atoms with van der Waals surface area (Å²) in [6.45, 7) is 2.47. The van der Waals surface area contributed by atoms with Crippen LogP contribution in [0.5, 0.6) is 5.75 Å². The van der Waals surface area contributed by atoms with Crippen molar-refractivity contribution in [2.24, 2.45) is 7.05 Å². The highest BCUT2D eigenvalue weighted by Gasteiger charge is 2.13. The van der Waals surface area contributed by atoms with Gasteiger partial charge in [0.25, 0.3) is 0 Å². The second-order valence-corrected chi connectivity index (χ2v) is 5.60. The molecule has 122 valence electrons. The van der Waals surface area contributed by atoms with Gasteiger partial charge in [0.2, 0.25) is 0 Å². The standard InChI is InChI=1S/C19H18N2O3/c1-13-8-9-15(17-11-16(19(22)23)20-21(17)2)10-18(13)24-12-14-6-4-3-5-7-14/h3-11H,12H2,1-2H3,(H,22,23). The van der Waals surface area contributed by atoms with Crippen LogP contribution in [0, 0.1) is 6.92 Å². The van der Waals surface area contributed by atoms with E-state index in [1.165, 1.54) is 0 Å². The highest BCUT2D eigenvalue weighted by atomic mass is 16.5. The van der Waals surface area contributed by atoms with Crippen molar-refractivity contribution in [2.45, 2.75) is 13.5 Å². The molecule has 0 aliphatic heterocycles. The number of rotatable bonds is 5. The second-order valence-electron chi connectivity index (χ2n) is 5.60. The van der Waals surface area contributed by atoms with Gasteiger partial charge in [-0.1, -0.05) is 42.5 Å². The van der Waals surface area contributed by atoms with E-state index >= 15 is 0 Å². The molecule has 0 amide bonds. The summed E-state index contributed by atoms with van der Waals surface area (Å²) >= 11 is 0. The third-order valence-electron chi connectivity index (χ3n) is 3.82. The molecule has 5 heteroatoms. The van der Waals surface area contributed by atoms with Crippen LogP contribution in [0.2, 0.25) is 0 Å². The number of aromatic carboxylic acids is 1. The van der Waals surface area contributed by atoms with Crippen molar-refractivity contribution in [3.8, 4) is 17.0 Å². The van der Waals surface area contributed by atoms with E-state index in [1.807, 2.05) is 55.5 Å². The molecule has 0 atom stereocenters. The lowest BCUT2D eigenvalue weighted by molar-refractivity contribution is 0.0689. The maximum Gasteiger partial charge on any atom is 0.356 e. The van der Waals surface area contributed by atoms with Gasteiger partial charge in [0.15, 0.2) is 5.69 Å². The van der Waals surface area contributed by atoms with Gasteiger partial charge in [0.1, 0.15) is 12.4 Å². The topological polar surface area (TPSA) is 64.3 Å². The molecule has 3 aromatic rings. The largest absolute Gasteiger partial charge is 0.489 e. The zero-order chi connectivity index (χ0) is 17.1. The first-order valence-electron chi connectivity index (χ1n) is 7.59. The summed E-state index contributed by atoms with van der Waals surface area (Å²) in [7, 11) is 1.73. The predicted octanol–water partition coefficient (Wildman–Crippen LogP) is 3.67. The number of benzene rings is 2. The number of nitrogens with zero attached hydrogens (tertiary/aromatic N) is 2. The fourth-order valence-electron chi connectivity index (χ4n) is 2.49. The molecule has 0 unspecified atom stereocenters. The summed E-state index contributed by atoms with van der Waals surface area (Å²) in [6, 6.07) is 17.3. The van der Waals surface area contributed by atoms with E-state index in [0.29, 0.717) is 6.61 Å². The van der Waals surface area contributed by atoms with Crippen LogP contribution in [0.25, 0.3) is 11.3 Å². The Morgan fingerprint density at radius 3 is 2.58 bits per heavy atom. The Hall–Kier alpha value is -3.08. The summed E-state index contributed by atoms with van der Waals surface area (Å²) in [6.07, 6.45) is 0. The minimum Gasteiger partial charge on any atom is -0.489 e. The number of hydrogen-bond donors (Lipinski definition) is 1. The van der Waals surface area contributed by atoms with Crippen LogP contribution < -0.4 is 4.74 Å². The Bertz CT molecular complexity index is 870. The molecule has 3 rings (SSSR count). The molecule has 0 saturated heterocycles. The van der Waals surface area contributed by atoms with Crippen LogP contribution in [0.1, 0.15) is 21.6 Å². The summed E-state index contributed by atoms with van der Waals surface area (Å²) in [5, 5.41) is 13.1. The summed E-state index contributed by atoms with van der Waals surface area (Å²) in [5.74, 6) is -0.265. The van der Waals surface area contributed by atoms with Crippen LogP contribution in [0.15, 0.2) is 54.6 Å². The van der Waals surface area contributed by atoms with Gasteiger partial charge in [0.05, 0.1) is 5.69 Å². The number of hydrogen-bond acceptors (Lipinski definition) is 3. The lowest BCUT2D eigenvalue weighted by Gasteiger charge is -2.11. The van der Waals surface area contributed by atoms with E-state index in [2.05, 4.69) is 5.10 Å². The van der Waals surface area contributed by atoms with E-state index in [9.17, 15) is 4.79 Å². The SMILES string of the molecule is Cc1ccc(-c2cc(C(=O)O)nn2C)cc1OCc1ccccc1. The van der Waals surface area contributed by atoms with Gasteiger partial charge >= 0.3 is 5.97 Å². The summed E-state index contributed by atoms with van der Waals surface area (Å²) < 4.78 is 7.50. The van der Waals surface area contributed by atoms with Gasteiger partial charge in [0, 0.05) is 12.6 Å². The first-order chi connectivity index (χ1) is 11.5. The molecule has 0 saturated carbocycles. The molecule has 0 aliphatic rings. The lowest BCUT2D eigenvalue weighted by atomic mass is 10.1. The van der Waals surface area contributed by atoms with Crippen LogP contribution in [-0.2, 0) is 13.7 Å². The van der Waals surface area contributed by atoms with Crippen molar-refractivity contribution >= 4 is 5.97 Å². The van der Waals surface area contributed by atoms with E-state index in [1.54, 1.807) is 17.8 Å². The first-order valence-corrected chi connectivity index (χ1v) is 7.59. The molecule has 5 nitrogen and oxygen atoms in total. The van der Waals surface area contributed by atoms with E-state index in [-0.39, 0.29) is 5.69 Å². The maximum absolute atomic E-state index is 11.1. The predicted molar refractivity (Wildman–Crippen MR) is 91.1 cm³/mol. The van der Waals surface area contributed by atoms with Gasteiger partial charge in [-0.15, -0.1) is 0 Å². The second kappa shape index (κ2) is 6.58. The van der Waals surface area contributed by atoms with Crippen LogP contribution in [0.3, 0.4) is 0 Å². The molecular formula is C19H18N2O3. The molecule has 1 N–H and O–H groups in total. The lowest BCUT2D eigenvalue weighted by Crippen LogP contribution is -2.00. The molecule has 0 aliphatic carbocycles. The number of aromatic nitrogens is 2. The average molecular weight is 322 g/mol. The Balaban J connectivity index is 1.87. The Kier molecular flexibility index (Phi) is 4.33. The molecule has 24 heavy (non-hydrogen) atoms. The van der Waals surface area contributed by atoms with Crippen molar-refractivity contribution in [3.05, 3.63) is 71.4 Å². The summed E-state index contributed by atoms with van der Waals surface area (Å²) in [5.41, 5.74) is 3.74. The van der Waals surface area contributed by atoms with E-state index in [4.69, 9.17) is 9.84 Å². The Morgan fingerprint density at radius 1 is 1.17 bits per heavy atom. The summed E-state index contributed by atoms with van der Waals surface area (Å²) in [4.78, 5) is 11.1. The monoisotopic (exact) mass is 322 g/mol. The number of carboxylic acid groups (broad SMARTS) is 1. The molecule has 1 heterocycles. The van der Waals surface area contributed by atoms with E-state index in [0.717, 1.165) is 28.1 Å². The zero-order valence-corrected chi connectivity index (χ0v) is 13.6. The van der Waals surface area contributed by atoms with E-state index < -0.39 is 5.97 Å². The van der Waals surface area contributed by atoms with Crippen LogP contribution in [-0.4, -0.2) is 20.9 Å². The Labute approximate surface area is 140 Å². The zero-order valence-electron chi connectivity index (χ0n) is 13.6. The third-order valence-corrected chi connectivity index (χ3v) is 3.82. The number of aryl methyl sites for hydroxylation is 2. The van der Waals surface area contributed by atoms with Gasteiger partial charge in [-0.2, -0.15) is 5.10 Å². The minimum atomic E-state index is -1.04. The highest BCUT2D eigenvalue weighted by Crippen LogP contribution is 2.28. The fourth-order valence-corrected chi connectivity index (χ4v) is 2.49. The fraction of sp³-hybridized carbons (Fsp3) is 0.158. The van der Waals surface area contributed by atoms with Crippen molar-refractivity contribution in [1.29, 1.82) is 0 Å². The average Bonchev–Trinajstić information content (AvgIpc) is 2.97. The molecular weight excluding hydrogens is 304 g/mol. The van der Waals surface area contributed by atoms with Gasteiger partial charge in [-0.05, 0) is 30.2 Å². The van der Waals surface area contributed by atoms with Crippen LogP contribution in [0.4, 0.5) is 0 Å². The van der Waals surface area contributed by atoms with Crippen molar-refractivity contribution in [1.82, 2.24) is 9.78 Å². The van der Waals surface area contributed by atoms with Gasteiger partial charge in [-0.3, -0.25) is 4.68 Å². The molecule has 0 spiro atoms. The molecule has 1 aromatic heterocycles. The highest BCUT2D eigenvalue weighted by molar-refractivity contribution is 5.87. The Morgan fingerprint density at radius 2 is 1.92 bits per heavy atom. The third kappa shape index (κ3) is 3.30. The van der Waals surface area contributed by atoms with Gasteiger partial charge < -0.3 is 9.84 Å². The smallest absolute Gasteiger partial charge is 0.356 e. The first kappa shape index (κ1) is 15.8. The maximum atomic E-state index is 11.1. The quantitative estimate of drug-likeness (QED) is 0.778. The molecule has 0 radical (unpaired) electrons. The van der Waals surface area contributed by atoms with Crippen molar-refractivity contribution in [2.75, 3.05) is 0 Å². The minimum absolute atomic E-state index is 0.0276. The molecule has 0 bridgehead atoms. The normalized spacial score (nSPS) is 10.6. The molecule has 2 aromatic carbocycles.